The lowest BCUT2D eigenvalue weighted by atomic mass is 10.2. The zero-order chi connectivity index (χ0) is 16.3. The van der Waals surface area contributed by atoms with E-state index in [4.69, 9.17) is 17.4 Å². The van der Waals surface area contributed by atoms with Crippen LogP contribution in [0.5, 0.6) is 0 Å². The fraction of sp³-hybridized carbons (Fsp3) is 0.133. The summed E-state index contributed by atoms with van der Waals surface area (Å²) in [5, 5.41) is 1.61. The second kappa shape index (κ2) is 7.09. The highest BCUT2D eigenvalue weighted by atomic mass is 79.9. The molecule has 0 radical (unpaired) electrons. The summed E-state index contributed by atoms with van der Waals surface area (Å²) in [7, 11) is 1.60. The molecule has 0 aliphatic heterocycles. The Kier molecular flexibility index (Phi) is 5.39. The van der Waals surface area contributed by atoms with Gasteiger partial charge in [0.2, 0.25) is 0 Å². The van der Waals surface area contributed by atoms with Crippen molar-refractivity contribution in [3.8, 4) is 0 Å². The molecule has 0 atom stereocenters. The van der Waals surface area contributed by atoms with Gasteiger partial charge in [0.05, 0.1) is 6.54 Å². The number of amides is 2. The number of nitrogens with two attached hydrogens (primary N) is 1. The summed E-state index contributed by atoms with van der Waals surface area (Å²) in [5.41, 5.74) is 1.25. The lowest BCUT2D eigenvalue weighted by Crippen LogP contribution is -2.45. The molecular formula is C15H14BrClFN3O. The molecule has 0 saturated heterocycles. The molecule has 0 spiro atoms. The molecule has 0 aromatic heterocycles. The third-order valence-corrected chi connectivity index (χ3v) is 3.73. The molecule has 0 saturated carbocycles. The normalized spacial score (nSPS) is 10.4. The average Bonchev–Trinajstić information content (AvgIpc) is 2.45. The first kappa shape index (κ1) is 16.7. The molecule has 116 valence electrons. The Morgan fingerprint density at radius 2 is 1.91 bits per heavy atom. The molecule has 0 bridgehead atoms. The van der Waals surface area contributed by atoms with E-state index in [2.05, 4.69) is 15.9 Å². The SMILES string of the molecule is CN(C(=O)N(N)Cc1cc(F)cc(Br)c1)c1ccc(Cl)cc1. The first-order valence-corrected chi connectivity index (χ1v) is 7.54. The van der Waals surface area contributed by atoms with Gasteiger partial charge >= 0.3 is 6.03 Å². The van der Waals surface area contributed by atoms with Crippen molar-refractivity contribution in [2.24, 2.45) is 5.84 Å². The number of rotatable bonds is 3. The van der Waals surface area contributed by atoms with Crippen LogP contribution in [0.3, 0.4) is 0 Å². The van der Waals surface area contributed by atoms with Crippen LogP contribution in [0.25, 0.3) is 0 Å². The summed E-state index contributed by atoms with van der Waals surface area (Å²) in [6.07, 6.45) is 0. The maximum atomic E-state index is 13.3. The summed E-state index contributed by atoms with van der Waals surface area (Å²) in [6, 6.07) is 10.8. The van der Waals surface area contributed by atoms with Crippen molar-refractivity contribution in [3.63, 3.8) is 0 Å². The van der Waals surface area contributed by atoms with Crippen LogP contribution in [0.4, 0.5) is 14.9 Å². The van der Waals surface area contributed by atoms with E-state index in [1.807, 2.05) is 0 Å². The van der Waals surface area contributed by atoms with Gasteiger partial charge < -0.3 is 0 Å². The van der Waals surface area contributed by atoms with Gasteiger partial charge in [-0.25, -0.2) is 15.0 Å². The number of carbonyl (C=O) groups excluding carboxylic acids is 1. The van der Waals surface area contributed by atoms with Crippen molar-refractivity contribution < 1.29 is 9.18 Å². The van der Waals surface area contributed by atoms with Gasteiger partial charge in [-0.05, 0) is 48.0 Å². The fourth-order valence-electron chi connectivity index (χ4n) is 1.93. The van der Waals surface area contributed by atoms with Crippen molar-refractivity contribution >= 4 is 39.2 Å². The topological polar surface area (TPSA) is 49.6 Å². The Bertz CT molecular complexity index is 661. The molecule has 4 nitrogen and oxygen atoms in total. The zero-order valence-corrected chi connectivity index (χ0v) is 14.1. The number of urea groups is 1. The van der Waals surface area contributed by atoms with Crippen LogP contribution in [0.15, 0.2) is 46.9 Å². The van der Waals surface area contributed by atoms with Crippen molar-refractivity contribution in [1.29, 1.82) is 0 Å². The Hall–Kier alpha value is -1.63. The van der Waals surface area contributed by atoms with Crippen molar-refractivity contribution in [2.75, 3.05) is 11.9 Å². The Balaban J connectivity index is 2.09. The largest absolute Gasteiger partial charge is 0.338 e. The summed E-state index contributed by atoms with van der Waals surface area (Å²) in [6.45, 7) is 0.0904. The molecule has 0 fully saturated rings. The van der Waals surface area contributed by atoms with Crippen LogP contribution >= 0.6 is 27.5 Å². The number of carbonyl (C=O) groups is 1. The summed E-state index contributed by atoms with van der Waals surface area (Å²) in [4.78, 5) is 13.7. The van der Waals surface area contributed by atoms with Gasteiger partial charge in [0, 0.05) is 22.2 Å². The second-order valence-electron chi connectivity index (χ2n) is 4.72. The third-order valence-electron chi connectivity index (χ3n) is 3.02. The Morgan fingerprint density at radius 3 is 2.50 bits per heavy atom. The van der Waals surface area contributed by atoms with Crippen LogP contribution in [0.2, 0.25) is 5.02 Å². The minimum absolute atomic E-state index is 0.0904. The van der Waals surface area contributed by atoms with E-state index >= 15 is 0 Å². The molecule has 2 amide bonds. The smallest absolute Gasteiger partial charge is 0.296 e. The lowest BCUT2D eigenvalue weighted by Gasteiger charge is -2.24. The number of hydrazine groups is 1. The van der Waals surface area contributed by atoms with Crippen molar-refractivity contribution in [1.82, 2.24) is 5.01 Å². The summed E-state index contributed by atoms with van der Waals surface area (Å²) < 4.78 is 13.9. The van der Waals surface area contributed by atoms with E-state index < -0.39 is 11.8 Å². The van der Waals surface area contributed by atoms with E-state index in [0.29, 0.717) is 20.7 Å². The van der Waals surface area contributed by atoms with Crippen LogP contribution in [-0.2, 0) is 6.54 Å². The van der Waals surface area contributed by atoms with Gasteiger partial charge in [-0.3, -0.25) is 9.91 Å². The molecule has 0 aliphatic rings. The number of hydrogen-bond acceptors (Lipinski definition) is 2. The van der Waals surface area contributed by atoms with Crippen molar-refractivity contribution in [2.45, 2.75) is 6.54 Å². The molecule has 0 aliphatic carbocycles. The monoisotopic (exact) mass is 385 g/mol. The standard InChI is InChI=1S/C15H14BrClFN3O/c1-20(14-4-2-12(17)3-5-14)15(22)21(19)9-10-6-11(16)8-13(18)7-10/h2-8H,9,19H2,1H3. The molecule has 7 heteroatoms. The minimum Gasteiger partial charge on any atom is -0.296 e. The quantitative estimate of drug-likeness (QED) is 0.489. The van der Waals surface area contributed by atoms with Crippen LogP contribution in [0.1, 0.15) is 5.56 Å². The summed E-state index contributed by atoms with van der Waals surface area (Å²) in [5.74, 6) is 5.40. The number of anilines is 1. The molecular weight excluding hydrogens is 373 g/mol. The van der Waals surface area contributed by atoms with Gasteiger partial charge in [-0.2, -0.15) is 0 Å². The highest BCUT2D eigenvalue weighted by Gasteiger charge is 2.17. The molecule has 22 heavy (non-hydrogen) atoms. The van der Waals surface area contributed by atoms with E-state index in [-0.39, 0.29) is 6.54 Å². The van der Waals surface area contributed by atoms with Crippen LogP contribution in [-0.4, -0.2) is 18.1 Å². The predicted molar refractivity (Wildman–Crippen MR) is 89.1 cm³/mol. The van der Waals surface area contributed by atoms with Crippen molar-refractivity contribution in [3.05, 3.63) is 63.3 Å². The molecule has 2 aromatic carbocycles. The Labute approximate surface area is 141 Å². The summed E-state index contributed by atoms with van der Waals surface area (Å²) >= 11 is 9.02. The second-order valence-corrected chi connectivity index (χ2v) is 6.08. The molecule has 0 unspecified atom stereocenters. The van der Waals surface area contributed by atoms with E-state index in [0.717, 1.165) is 5.01 Å². The maximum Gasteiger partial charge on any atom is 0.338 e. The van der Waals surface area contributed by atoms with Gasteiger partial charge in [0.15, 0.2) is 0 Å². The van der Waals surface area contributed by atoms with Crippen LogP contribution < -0.4 is 10.7 Å². The van der Waals surface area contributed by atoms with E-state index in [1.165, 1.54) is 17.0 Å². The Morgan fingerprint density at radius 1 is 1.27 bits per heavy atom. The first-order chi connectivity index (χ1) is 10.4. The average molecular weight is 387 g/mol. The highest BCUT2D eigenvalue weighted by Crippen LogP contribution is 2.19. The number of halogens is 3. The number of hydrogen-bond donors (Lipinski definition) is 1. The number of nitrogens with zero attached hydrogens (tertiary/aromatic N) is 2. The van der Waals surface area contributed by atoms with Crippen LogP contribution in [0, 0.1) is 5.82 Å². The van der Waals surface area contributed by atoms with E-state index in [9.17, 15) is 9.18 Å². The minimum atomic E-state index is -0.414. The predicted octanol–water partition coefficient (Wildman–Crippen LogP) is 4.17. The third kappa shape index (κ3) is 4.19. The van der Waals surface area contributed by atoms with E-state index in [1.54, 1.807) is 37.4 Å². The lowest BCUT2D eigenvalue weighted by molar-refractivity contribution is 0.204. The highest BCUT2D eigenvalue weighted by molar-refractivity contribution is 9.10. The zero-order valence-electron chi connectivity index (χ0n) is 11.8. The van der Waals surface area contributed by atoms with Gasteiger partial charge in [-0.1, -0.05) is 27.5 Å². The molecule has 2 N–H and O–H groups in total. The van der Waals surface area contributed by atoms with Gasteiger partial charge in [0.25, 0.3) is 0 Å². The first-order valence-electron chi connectivity index (χ1n) is 6.37. The fourth-order valence-corrected chi connectivity index (χ4v) is 2.57. The van der Waals surface area contributed by atoms with Gasteiger partial charge in [-0.15, -0.1) is 0 Å². The number of benzene rings is 2. The maximum absolute atomic E-state index is 13.3. The molecule has 2 aromatic rings. The van der Waals surface area contributed by atoms with Gasteiger partial charge in [0.1, 0.15) is 5.82 Å². The molecule has 2 rings (SSSR count). The molecule has 0 heterocycles.